The summed E-state index contributed by atoms with van der Waals surface area (Å²) in [6, 6.07) is 0. The van der Waals surface area contributed by atoms with Crippen LogP contribution in [0.25, 0.3) is 0 Å². The second-order valence-electron chi connectivity index (χ2n) is 6.53. The molecule has 1 N–H and O–H groups in total. The van der Waals surface area contributed by atoms with Gasteiger partial charge in [-0.25, -0.2) is 9.59 Å². The van der Waals surface area contributed by atoms with Crippen LogP contribution in [0, 0.1) is 0 Å². The first-order chi connectivity index (χ1) is 11.1. The molecule has 2 amide bonds. The molecule has 1 aliphatic rings. The molecule has 0 bridgehead atoms. The normalized spacial score (nSPS) is 14.0. The van der Waals surface area contributed by atoms with E-state index in [1.165, 1.54) is 25.4 Å². The molecule has 0 saturated heterocycles. The summed E-state index contributed by atoms with van der Waals surface area (Å²) in [5, 5.41) is 3.14. The lowest BCUT2D eigenvalue weighted by molar-refractivity contribution is -0.114. The molecule has 0 aliphatic carbocycles. The first-order valence-electron chi connectivity index (χ1n) is 7.60. The molecule has 1 aromatic rings. The Morgan fingerprint density at radius 2 is 1.92 bits per heavy atom. The minimum Gasteiger partial charge on any atom is -0.465 e. The maximum atomic E-state index is 12.2. The van der Waals surface area contributed by atoms with Gasteiger partial charge in [0.25, 0.3) is 0 Å². The number of carbonyl (C=O) groups excluding carboxylic acids is 3. The van der Waals surface area contributed by atoms with Crippen molar-refractivity contribution in [3.8, 4) is 0 Å². The van der Waals surface area contributed by atoms with Crippen LogP contribution in [-0.4, -0.2) is 42.1 Å². The number of amides is 2. The third-order valence-corrected chi connectivity index (χ3v) is 4.52. The first kappa shape index (κ1) is 18.3. The lowest BCUT2D eigenvalue weighted by atomic mass is 10.0. The summed E-state index contributed by atoms with van der Waals surface area (Å²) >= 11 is 1.29. The first-order valence-corrected chi connectivity index (χ1v) is 8.42. The van der Waals surface area contributed by atoms with Gasteiger partial charge in [-0.2, -0.15) is 0 Å². The van der Waals surface area contributed by atoms with E-state index in [0.717, 1.165) is 10.4 Å². The lowest BCUT2D eigenvalue weighted by Gasteiger charge is -2.30. The Morgan fingerprint density at radius 1 is 1.25 bits per heavy atom. The number of hydrogen-bond donors (Lipinski definition) is 1. The van der Waals surface area contributed by atoms with Gasteiger partial charge < -0.3 is 19.7 Å². The van der Waals surface area contributed by atoms with Crippen molar-refractivity contribution in [2.45, 2.75) is 46.3 Å². The van der Waals surface area contributed by atoms with Crippen LogP contribution in [0.5, 0.6) is 0 Å². The summed E-state index contributed by atoms with van der Waals surface area (Å²) in [6.07, 6.45) is 0.122. The maximum absolute atomic E-state index is 12.2. The van der Waals surface area contributed by atoms with Crippen LogP contribution < -0.4 is 5.32 Å². The summed E-state index contributed by atoms with van der Waals surface area (Å²) in [6.45, 7) is 7.62. The molecule has 0 unspecified atom stereocenters. The summed E-state index contributed by atoms with van der Waals surface area (Å²) in [5.74, 6) is -0.746. The van der Waals surface area contributed by atoms with Gasteiger partial charge in [0.1, 0.15) is 10.6 Å². The molecular formula is C16H22N2O5S. The van der Waals surface area contributed by atoms with E-state index in [9.17, 15) is 14.4 Å². The standard InChI is InChI=1S/C16H22N2O5S/c1-9(19)17-13-12(14(20)22-5)10-6-7-18(8-11(10)24-13)15(21)23-16(2,3)4/h6-8H2,1-5H3,(H,17,19). The number of nitrogens with zero attached hydrogens (tertiary/aromatic N) is 1. The predicted octanol–water partition coefficient (Wildman–Crippen LogP) is 2.79. The fourth-order valence-corrected chi connectivity index (χ4v) is 3.75. The Morgan fingerprint density at radius 3 is 2.46 bits per heavy atom. The number of hydrogen-bond acceptors (Lipinski definition) is 6. The van der Waals surface area contributed by atoms with Gasteiger partial charge in [-0.15, -0.1) is 11.3 Å². The number of esters is 1. The zero-order valence-corrected chi connectivity index (χ0v) is 15.3. The van der Waals surface area contributed by atoms with Gasteiger partial charge in [0.15, 0.2) is 0 Å². The number of thiophene rings is 1. The van der Waals surface area contributed by atoms with Gasteiger partial charge in [-0.05, 0) is 32.8 Å². The fourth-order valence-electron chi connectivity index (χ4n) is 2.45. The van der Waals surface area contributed by atoms with E-state index in [2.05, 4.69) is 5.32 Å². The molecule has 2 rings (SSSR count). The van der Waals surface area contributed by atoms with Crippen LogP contribution in [0.15, 0.2) is 0 Å². The third kappa shape index (κ3) is 4.05. The number of nitrogens with one attached hydrogen (secondary N) is 1. The van der Waals surface area contributed by atoms with Crippen LogP contribution in [0.4, 0.5) is 9.80 Å². The van der Waals surface area contributed by atoms with Crippen LogP contribution >= 0.6 is 11.3 Å². The Kier molecular flexibility index (Phi) is 5.17. The Bertz CT molecular complexity index is 675. The van der Waals surface area contributed by atoms with Crippen LogP contribution in [0.3, 0.4) is 0 Å². The Balaban J connectivity index is 2.28. The van der Waals surface area contributed by atoms with Crippen molar-refractivity contribution in [1.29, 1.82) is 0 Å². The molecular weight excluding hydrogens is 332 g/mol. The molecule has 0 aromatic carbocycles. The average molecular weight is 354 g/mol. The molecule has 2 heterocycles. The number of ether oxygens (including phenoxy) is 2. The SMILES string of the molecule is COC(=O)c1c(NC(C)=O)sc2c1CCN(C(=O)OC(C)(C)C)C2. The van der Waals surface area contributed by atoms with Gasteiger partial charge >= 0.3 is 12.1 Å². The zero-order valence-electron chi connectivity index (χ0n) is 14.5. The average Bonchev–Trinajstić information content (AvgIpc) is 2.80. The van der Waals surface area contributed by atoms with E-state index in [-0.39, 0.29) is 12.0 Å². The monoisotopic (exact) mass is 354 g/mol. The minimum atomic E-state index is -0.564. The molecule has 0 atom stereocenters. The minimum absolute atomic E-state index is 0.261. The van der Waals surface area contributed by atoms with E-state index in [1.54, 1.807) is 4.90 Å². The van der Waals surface area contributed by atoms with Gasteiger partial charge in [0.05, 0.1) is 19.2 Å². The van der Waals surface area contributed by atoms with Gasteiger partial charge in [-0.1, -0.05) is 0 Å². The molecule has 0 spiro atoms. The zero-order chi connectivity index (χ0) is 18.1. The van der Waals surface area contributed by atoms with Crippen molar-refractivity contribution in [3.05, 3.63) is 16.0 Å². The van der Waals surface area contributed by atoms with E-state index in [1.807, 2.05) is 20.8 Å². The topological polar surface area (TPSA) is 84.9 Å². The molecule has 0 saturated carbocycles. The molecule has 7 nitrogen and oxygen atoms in total. The van der Waals surface area contributed by atoms with Crippen molar-refractivity contribution in [2.75, 3.05) is 19.0 Å². The van der Waals surface area contributed by atoms with Crippen molar-refractivity contribution < 1.29 is 23.9 Å². The number of rotatable bonds is 2. The van der Waals surface area contributed by atoms with E-state index < -0.39 is 11.6 Å². The summed E-state index contributed by atoms with van der Waals surface area (Å²) < 4.78 is 10.2. The van der Waals surface area contributed by atoms with Crippen LogP contribution in [-0.2, 0) is 27.2 Å². The van der Waals surface area contributed by atoms with E-state index in [4.69, 9.17) is 9.47 Å². The molecule has 24 heavy (non-hydrogen) atoms. The van der Waals surface area contributed by atoms with E-state index >= 15 is 0 Å². The second-order valence-corrected chi connectivity index (χ2v) is 7.64. The molecule has 132 valence electrons. The largest absolute Gasteiger partial charge is 0.465 e. The van der Waals surface area contributed by atoms with Crippen molar-refractivity contribution in [3.63, 3.8) is 0 Å². The Hall–Kier alpha value is -2.09. The quantitative estimate of drug-likeness (QED) is 0.826. The smallest absolute Gasteiger partial charge is 0.410 e. The number of anilines is 1. The van der Waals surface area contributed by atoms with Crippen molar-refractivity contribution >= 4 is 34.3 Å². The lowest BCUT2D eigenvalue weighted by Crippen LogP contribution is -2.39. The summed E-state index contributed by atoms with van der Waals surface area (Å²) in [4.78, 5) is 38.1. The van der Waals surface area contributed by atoms with Gasteiger partial charge in [-0.3, -0.25) is 4.79 Å². The predicted molar refractivity (Wildman–Crippen MR) is 90.3 cm³/mol. The molecule has 0 radical (unpaired) electrons. The highest BCUT2D eigenvalue weighted by molar-refractivity contribution is 7.17. The molecule has 8 heteroatoms. The van der Waals surface area contributed by atoms with E-state index in [0.29, 0.717) is 30.1 Å². The second kappa shape index (κ2) is 6.80. The summed E-state index contributed by atoms with van der Waals surface area (Å²) in [7, 11) is 1.31. The highest BCUT2D eigenvalue weighted by Gasteiger charge is 2.32. The highest BCUT2D eigenvalue weighted by atomic mass is 32.1. The maximum Gasteiger partial charge on any atom is 0.410 e. The van der Waals surface area contributed by atoms with Gasteiger partial charge in [0, 0.05) is 18.3 Å². The molecule has 0 fully saturated rings. The molecule has 1 aromatic heterocycles. The van der Waals surface area contributed by atoms with Crippen molar-refractivity contribution in [2.24, 2.45) is 0 Å². The highest BCUT2D eigenvalue weighted by Crippen LogP contribution is 2.37. The third-order valence-electron chi connectivity index (χ3n) is 3.39. The Labute approximate surface area is 144 Å². The fraction of sp³-hybridized carbons (Fsp3) is 0.562. The van der Waals surface area contributed by atoms with Crippen molar-refractivity contribution in [1.82, 2.24) is 4.90 Å². The summed E-state index contributed by atoms with van der Waals surface area (Å²) in [5.41, 5.74) is 0.651. The number of fused-ring (bicyclic) bond motifs is 1. The molecule has 1 aliphatic heterocycles. The number of methoxy groups -OCH3 is 1. The number of carbonyl (C=O) groups is 3. The van der Waals surface area contributed by atoms with Crippen LogP contribution in [0.1, 0.15) is 48.5 Å². The van der Waals surface area contributed by atoms with Crippen LogP contribution in [0.2, 0.25) is 0 Å². The van der Waals surface area contributed by atoms with Gasteiger partial charge in [0.2, 0.25) is 5.91 Å².